The van der Waals surface area contributed by atoms with Crippen molar-refractivity contribution in [2.75, 3.05) is 26.4 Å². The largest absolute Gasteiger partial charge is 0.373 e. The number of ether oxygens (including phenoxy) is 2. The third-order valence-electron chi connectivity index (χ3n) is 1.19. The van der Waals surface area contributed by atoms with E-state index >= 15 is 0 Å². The highest BCUT2D eigenvalue weighted by atomic mass is 16.5. The lowest BCUT2D eigenvalue weighted by atomic mass is 10.6. The quantitative estimate of drug-likeness (QED) is 0.508. The molecule has 0 aromatic rings. The van der Waals surface area contributed by atoms with Crippen molar-refractivity contribution in [3.05, 3.63) is 24.3 Å². The maximum absolute atomic E-state index is 8.00. The molecule has 0 amide bonds. The average molecular weight is 170 g/mol. The summed E-state index contributed by atoms with van der Waals surface area (Å²) in [7, 11) is 0. The summed E-state index contributed by atoms with van der Waals surface area (Å²) in [6, 6.07) is 0. The molecule has 0 aromatic heterocycles. The lowest BCUT2D eigenvalue weighted by Gasteiger charge is -1.77. The van der Waals surface area contributed by atoms with Crippen LogP contribution in [0, 0.1) is 0 Å². The van der Waals surface area contributed by atoms with Gasteiger partial charge in [0.2, 0.25) is 0 Å². The van der Waals surface area contributed by atoms with Crippen LogP contribution < -0.4 is 0 Å². The van der Waals surface area contributed by atoms with E-state index in [9.17, 15) is 0 Å². The van der Waals surface area contributed by atoms with Gasteiger partial charge < -0.3 is 14.3 Å². The van der Waals surface area contributed by atoms with Gasteiger partial charge in [0.1, 0.15) is 6.79 Å². The molecule has 0 unspecified atom stereocenters. The van der Waals surface area contributed by atoms with Gasteiger partial charge in [-0.25, -0.2) is 0 Å². The van der Waals surface area contributed by atoms with Crippen LogP contribution in [0.2, 0.25) is 0 Å². The third-order valence-corrected chi connectivity index (χ3v) is 1.19. The molecule has 12 heavy (non-hydrogen) atoms. The first kappa shape index (κ1) is 11.1. The normalized spacial score (nSPS) is 17.7. The van der Waals surface area contributed by atoms with Crippen LogP contribution in [0.15, 0.2) is 24.3 Å². The van der Waals surface area contributed by atoms with Crippen molar-refractivity contribution in [2.24, 2.45) is 0 Å². The molecule has 0 N–H and O–H groups in total. The molecular formula is C9H14O3. The Hall–Kier alpha value is -0.930. The number of carbonyl (C=O) groups is 1. The van der Waals surface area contributed by atoms with Gasteiger partial charge in [-0.15, -0.1) is 0 Å². The minimum absolute atomic E-state index is 0.819. The molecule has 0 saturated carbocycles. The monoisotopic (exact) mass is 170 g/mol. The zero-order valence-electron chi connectivity index (χ0n) is 7.07. The Morgan fingerprint density at radius 1 is 0.750 bits per heavy atom. The van der Waals surface area contributed by atoms with E-state index in [1.165, 1.54) is 0 Å². The van der Waals surface area contributed by atoms with Crippen LogP contribution in [0.25, 0.3) is 0 Å². The van der Waals surface area contributed by atoms with Crippen molar-refractivity contribution in [3.63, 3.8) is 0 Å². The second-order valence-corrected chi connectivity index (χ2v) is 2.02. The van der Waals surface area contributed by atoms with E-state index in [1.54, 1.807) is 0 Å². The number of carbonyl (C=O) groups excluding carboxylic acids is 1. The summed E-state index contributed by atoms with van der Waals surface area (Å²) in [6.45, 7) is 5.28. The van der Waals surface area contributed by atoms with Crippen LogP contribution in [0.3, 0.4) is 0 Å². The van der Waals surface area contributed by atoms with Crippen molar-refractivity contribution < 1.29 is 14.3 Å². The first-order valence-corrected chi connectivity index (χ1v) is 3.74. The van der Waals surface area contributed by atoms with Gasteiger partial charge in [-0.05, 0) is 0 Å². The van der Waals surface area contributed by atoms with Crippen LogP contribution >= 0.6 is 0 Å². The minimum atomic E-state index is 0.819. The van der Waals surface area contributed by atoms with Crippen molar-refractivity contribution in [2.45, 2.75) is 0 Å². The molecule has 3 nitrogen and oxygen atoms in total. The van der Waals surface area contributed by atoms with E-state index in [0.29, 0.717) is 0 Å². The number of hydrogen-bond acceptors (Lipinski definition) is 3. The van der Waals surface area contributed by atoms with Gasteiger partial charge in [0.25, 0.3) is 0 Å². The number of rotatable bonds is 0. The van der Waals surface area contributed by atoms with E-state index in [0.717, 1.165) is 26.4 Å². The van der Waals surface area contributed by atoms with Crippen LogP contribution in [0.5, 0.6) is 0 Å². The fraction of sp³-hybridized carbons (Fsp3) is 0.444. The van der Waals surface area contributed by atoms with E-state index in [4.69, 9.17) is 14.3 Å². The summed E-state index contributed by atoms with van der Waals surface area (Å²) in [4.78, 5) is 8.00. The molecule has 0 spiro atoms. The summed E-state index contributed by atoms with van der Waals surface area (Å²) >= 11 is 0. The predicted octanol–water partition coefficient (Wildman–Crippen LogP) is 0.961. The standard InChI is InChI=1S/2C4H6O.CH2O/c2*1-2-4-5-3-1;1-2/h2*1-2H,3-4H2;1H2. The minimum Gasteiger partial charge on any atom is -0.373 e. The van der Waals surface area contributed by atoms with Crippen molar-refractivity contribution >= 4 is 6.79 Å². The average Bonchev–Trinajstić information content (AvgIpc) is 2.87. The van der Waals surface area contributed by atoms with E-state index in [1.807, 2.05) is 31.1 Å². The van der Waals surface area contributed by atoms with Crippen LogP contribution in [-0.2, 0) is 14.3 Å². The first-order chi connectivity index (χ1) is 6.00. The zero-order chi connectivity index (χ0) is 9.07. The van der Waals surface area contributed by atoms with Crippen molar-refractivity contribution in [3.8, 4) is 0 Å². The van der Waals surface area contributed by atoms with Gasteiger partial charge >= 0.3 is 0 Å². The van der Waals surface area contributed by atoms with Crippen molar-refractivity contribution in [1.29, 1.82) is 0 Å². The molecule has 0 atom stereocenters. The molecule has 0 radical (unpaired) electrons. The van der Waals surface area contributed by atoms with Crippen LogP contribution in [-0.4, -0.2) is 33.2 Å². The molecule has 2 aliphatic rings. The Morgan fingerprint density at radius 3 is 1.08 bits per heavy atom. The van der Waals surface area contributed by atoms with Gasteiger partial charge in [-0.2, -0.15) is 0 Å². The number of hydrogen-bond donors (Lipinski definition) is 0. The molecule has 0 aromatic carbocycles. The molecule has 0 saturated heterocycles. The summed E-state index contributed by atoms with van der Waals surface area (Å²) in [5, 5.41) is 0. The molecule has 68 valence electrons. The molecule has 0 bridgehead atoms. The maximum Gasteiger partial charge on any atom is 0.106 e. The summed E-state index contributed by atoms with van der Waals surface area (Å²) in [5.41, 5.74) is 0. The van der Waals surface area contributed by atoms with Gasteiger partial charge in [-0.1, -0.05) is 24.3 Å². The third kappa shape index (κ3) is 7.18. The van der Waals surface area contributed by atoms with E-state index in [2.05, 4.69) is 0 Å². The fourth-order valence-corrected chi connectivity index (χ4v) is 0.680. The van der Waals surface area contributed by atoms with E-state index in [-0.39, 0.29) is 0 Å². The molecule has 0 fully saturated rings. The predicted molar refractivity (Wildman–Crippen MR) is 47.0 cm³/mol. The summed E-state index contributed by atoms with van der Waals surface area (Å²) < 4.78 is 9.67. The second kappa shape index (κ2) is 10.1. The zero-order valence-corrected chi connectivity index (χ0v) is 7.07. The molecule has 2 aliphatic heterocycles. The van der Waals surface area contributed by atoms with Gasteiger partial charge in [0, 0.05) is 0 Å². The maximum atomic E-state index is 8.00. The Balaban J connectivity index is 0.000000168. The van der Waals surface area contributed by atoms with Crippen molar-refractivity contribution in [1.82, 2.24) is 0 Å². The summed E-state index contributed by atoms with van der Waals surface area (Å²) in [5.74, 6) is 0. The second-order valence-electron chi connectivity index (χ2n) is 2.02. The van der Waals surface area contributed by atoms with Crippen LogP contribution in [0.1, 0.15) is 0 Å². The van der Waals surface area contributed by atoms with Gasteiger partial charge in [0.05, 0.1) is 26.4 Å². The van der Waals surface area contributed by atoms with E-state index < -0.39 is 0 Å². The molecule has 3 heteroatoms. The SMILES string of the molecule is C1=CCOC1.C1=CCOC1.C=O. The molecule has 0 aliphatic carbocycles. The van der Waals surface area contributed by atoms with Crippen LogP contribution in [0.4, 0.5) is 0 Å². The lowest BCUT2D eigenvalue weighted by Crippen LogP contribution is -1.76. The Labute approximate surface area is 72.7 Å². The smallest absolute Gasteiger partial charge is 0.106 e. The Kier molecular flexibility index (Phi) is 9.29. The summed E-state index contributed by atoms with van der Waals surface area (Å²) in [6.07, 6.45) is 8.06. The topological polar surface area (TPSA) is 35.5 Å². The highest BCUT2D eigenvalue weighted by Crippen LogP contribution is 1.86. The van der Waals surface area contributed by atoms with Gasteiger partial charge in [-0.3, -0.25) is 0 Å². The Bertz CT molecular complexity index is 113. The molecular weight excluding hydrogens is 156 g/mol. The highest BCUT2D eigenvalue weighted by molar-refractivity contribution is 5.10. The molecule has 2 heterocycles. The van der Waals surface area contributed by atoms with Gasteiger partial charge in [0.15, 0.2) is 0 Å². The lowest BCUT2D eigenvalue weighted by molar-refractivity contribution is -0.0979. The highest BCUT2D eigenvalue weighted by Gasteiger charge is 1.83. The molecule has 2 rings (SSSR count). The Morgan fingerprint density at radius 2 is 1.00 bits per heavy atom. The fourth-order valence-electron chi connectivity index (χ4n) is 0.680. The first-order valence-electron chi connectivity index (χ1n) is 3.74.